The molecular weight excluding hydrogens is 334 g/mol. The van der Waals surface area contributed by atoms with Gasteiger partial charge in [-0.1, -0.05) is 12.1 Å². The predicted octanol–water partition coefficient (Wildman–Crippen LogP) is 4.72. The molecule has 0 bridgehead atoms. The summed E-state index contributed by atoms with van der Waals surface area (Å²) in [5.74, 6) is 0.0111. The second-order valence-electron chi connectivity index (χ2n) is 5.28. The molecular formula is C19H13N3O2S. The van der Waals surface area contributed by atoms with E-state index in [4.69, 9.17) is 4.42 Å². The number of aromatic nitrogens is 2. The Hall–Kier alpha value is -3.25. The van der Waals surface area contributed by atoms with Crippen LogP contribution in [0.25, 0.3) is 21.8 Å². The van der Waals surface area contributed by atoms with Gasteiger partial charge in [0.05, 0.1) is 12.0 Å². The fourth-order valence-corrected chi connectivity index (χ4v) is 3.19. The van der Waals surface area contributed by atoms with Crippen molar-refractivity contribution in [2.75, 3.05) is 5.32 Å². The van der Waals surface area contributed by atoms with Crippen LogP contribution in [0.2, 0.25) is 0 Å². The first kappa shape index (κ1) is 15.3. The van der Waals surface area contributed by atoms with Crippen molar-refractivity contribution < 1.29 is 9.21 Å². The van der Waals surface area contributed by atoms with Crippen molar-refractivity contribution in [3.8, 4) is 21.8 Å². The topological polar surface area (TPSA) is 68.0 Å². The van der Waals surface area contributed by atoms with Crippen LogP contribution in [-0.4, -0.2) is 15.9 Å². The quantitative estimate of drug-likeness (QED) is 0.580. The number of pyridine rings is 1. The maximum atomic E-state index is 12.0. The van der Waals surface area contributed by atoms with E-state index in [0.717, 1.165) is 21.8 Å². The van der Waals surface area contributed by atoms with Crippen molar-refractivity contribution >= 4 is 22.9 Å². The molecule has 5 nitrogen and oxygen atoms in total. The van der Waals surface area contributed by atoms with E-state index >= 15 is 0 Å². The number of nitrogens with zero attached hydrogens (tertiary/aromatic N) is 2. The normalized spacial score (nSPS) is 10.6. The number of nitrogens with one attached hydrogen (secondary N) is 1. The zero-order valence-corrected chi connectivity index (χ0v) is 13.9. The number of carbonyl (C=O) groups excluding carboxylic acids is 1. The molecule has 1 amide bonds. The Morgan fingerprint density at radius 2 is 1.80 bits per heavy atom. The third-order valence-corrected chi connectivity index (χ3v) is 4.51. The van der Waals surface area contributed by atoms with E-state index in [1.807, 2.05) is 41.8 Å². The molecule has 4 rings (SSSR count). The van der Waals surface area contributed by atoms with Crippen LogP contribution in [0.1, 0.15) is 10.6 Å². The molecule has 25 heavy (non-hydrogen) atoms. The summed E-state index contributed by atoms with van der Waals surface area (Å²) >= 11 is 1.59. The van der Waals surface area contributed by atoms with Gasteiger partial charge in [0.25, 0.3) is 5.91 Å². The Labute approximate surface area is 148 Å². The summed E-state index contributed by atoms with van der Waals surface area (Å²) in [6.45, 7) is 0. The molecule has 4 aromatic rings. The van der Waals surface area contributed by atoms with Crippen LogP contribution in [0, 0.1) is 0 Å². The van der Waals surface area contributed by atoms with Crippen LogP contribution in [0.5, 0.6) is 0 Å². The highest BCUT2D eigenvalue weighted by Crippen LogP contribution is 2.29. The van der Waals surface area contributed by atoms with Crippen LogP contribution in [0.15, 0.2) is 77.0 Å². The molecule has 3 aromatic heterocycles. The molecule has 0 aliphatic rings. The molecule has 0 saturated heterocycles. The zero-order chi connectivity index (χ0) is 17.1. The molecule has 0 aliphatic heterocycles. The lowest BCUT2D eigenvalue weighted by Gasteiger charge is -2.04. The van der Waals surface area contributed by atoms with E-state index in [2.05, 4.69) is 15.3 Å². The van der Waals surface area contributed by atoms with Crippen LogP contribution in [-0.2, 0) is 0 Å². The number of carbonyl (C=O) groups is 1. The molecule has 0 aliphatic carbocycles. The van der Waals surface area contributed by atoms with Gasteiger partial charge in [0.2, 0.25) is 0 Å². The summed E-state index contributed by atoms with van der Waals surface area (Å²) in [5.41, 5.74) is 3.65. The van der Waals surface area contributed by atoms with Gasteiger partial charge in [-0.2, -0.15) is 0 Å². The van der Waals surface area contributed by atoms with Crippen molar-refractivity contribution in [2.24, 2.45) is 0 Å². The van der Waals surface area contributed by atoms with Gasteiger partial charge in [-0.25, -0.2) is 4.98 Å². The van der Waals surface area contributed by atoms with E-state index in [0.29, 0.717) is 5.69 Å². The molecule has 1 N–H and O–H groups in total. The number of amides is 1. The lowest BCUT2D eigenvalue weighted by atomic mass is 10.1. The molecule has 3 heterocycles. The van der Waals surface area contributed by atoms with Crippen molar-refractivity contribution in [1.82, 2.24) is 9.97 Å². The molecule has 0 radical (unpaired) electrons. The predicted molar refractivity (Wildman–Crippen MR) is 97.4 cm³/mol. The molecule has 0 spiro atoms. The Bertz CT molecular complexity index is 977. The average molecular weight is 347 g/mol. The fourth-order valence-electron chi connectivity index (χ4n) is 2.36. The minimum atomic E-state index is -0.272. The molecule has 122 valence electrons. The average Bonchev–Trinajstić information content (AvgIpc) is 3.35. The van der Waals surface area contributed by atoms with Gasteiger partial charge in [-0.15, -0.1) is 11.3 Å². The summed E-state index contributed by atoms with van der Waals surface area (Å²) in [5, 5.41) is 5.77. The maximum Gasteiger partial charge on any atom is 0.291 e. The van der Waals surface area contributed by atoms with E-state index in [9.17, 15) is 4.79 Å². The zero-order valence-electron chi connectivity index (χ0n) is 13.0. The number of rotatable bonds is 4. The third-order valence-electron chi connectivity index (χ3n) is 3.61. The van der Waals surface area contributed by atoms with Crippen LogP contribution < -0.4 is 5.32 Å². The second kappa shape index (κ2) is 6.70. The minimum absolute atomic E-state index is 0.272. The summed E-state index contributed by atoms with van der Waals surface area (Å²) in [6.07, 6.45) is 4.99. The molecule has 1 aromatic carbocycles. The number of hydrogen-bond donors (Lipinski definition) is 1. The number of thiazole rings is 1. The van der Waals surface area contributed by atoms with Crippen LogP contribution in [0.4, 0.5) is 5.69 Å². The highest BCUT2D eigenvalue weighted by atomic mass is 32.1. The summed E-state index contributed by atoms with van der Waals surface area (Å²) in [4.78, 5) is 20.7. The Morgan fingerprint density at radius 1 is 1.00 bits per heavy atom. The lowest BCUT2D eigenvalue weighted by Crippen LogP contribution is -2.10. The van der Waals surface area contributed by atoms with Gasteiger partial charge in [-0.3, -0.25) is 9.78 Å². The highest BCUT2D eigenvalue weighted by molar-refractivity contribution is 7.13. The summed E-state index contributed by atoms with van der Waals surface area (Å²) in [7, 11) is 0. The SMILES string of the molecule is O=C(Nc1ccc(-c2csc(-c3ccncc3)n2)cc1)c1ccco1. The van der Waals surface area contributed by atoms with E-state index in [-0.39, 0.29) is 11.7 Å². The van der Waals surface area contributed by atoms with Crippen LogP contribution >= 0.6 is 11.3 Å². The summed E-state index contributed by atoms with van der Waals surface area (Å²) in [6, 6.07) is 14.8. The number of anilines is 1. The summed E-state index contributed by atoms with van der Waals surface area (Å²) < 4.78 is 5.08. The standard InChI is InChI=1S/C19H13N3O2S/c23-18(17-2-1-11-24-17)21-15-5-3-13(4-6-15)16-12-25-19(22-16)14-7-9-20-10-8-14/h1-12H,(H,21,23). The number of furan rings is 1. The maximum absolute atomic E-state index is 12.0. The van der Waals surface area contributed by atoms with E-state index in [1.165, 1.54) is 6.26 Å². The van der Waals surface area contributed by atoms with Gasteiger partial charge in [0.1, 0.15) is 5.01 Å². The van der Waals surface area contributed by atoms with Gasteiger partial charge in [0, 0.05) is 34.6 Å². The molecule has 0 saturated carbocycles. The van der Waals surface area contributed by atoms with Crippen molar-refractivity contribution in [1.29, 1.82) is 0 Å². The van der Waals surface area contributed by atoms with E-state index < -0.39 is 0 Å². The smallest absolute Gasteiger partial charge is 0.291 e. The van der Waals surface area contributed by atoms with Crippen molar-refractivity contribution in [2.45, 2.75) is 0 Å². The molecule has 0 unspecified atom stereocenters. The van der Waals surface area contributed by atoms with Gasteiger partial charge < -0.3 is 9.73 Å². The Kier molecular flexibility index (Phi) is 4.10. The first-order valence-electron chi connectivity index (χ1n) is 7.61. The van der Waals surface area contributed by atoms with Crippen molar-refractivity contribution in [3.05, 3.63) is 78.3 Å². The Morgan fingerprint density at radius 3 is 2.52 bits per heavy atom. The Balaban J connectivity index is 1.51. The number of benzene rings is 1. The first-order valence-corrected chi connectivity index (χ1v) is 8.49. The highest BCUT2D eigenvalue weighted by Gasteiger charge is 2.10. The molecule has 0 atom stereocenters. The van der Waals surface area contributed by atoms with Crippen molar-refractivity contribution in [3.63, 3.8) is 0 Å². The second-order valence-corrected chi connectivity index (χ2v) is 6.14. The van der Waals surface area contributed by atoms with Gasteiger partial charge in [0.15, 0.2) is 5.76 Å². The fraction of sp³-hybridized carbons (Fsp3) is 0. The molecule has 0 fully saturated rings. The third kappa shape index (κ3) is 3.34. The minimum Gasteiger partial charge on any atom is -0.459 e. The largest absolute Gasteiger partial charge is 0.459 e. The number of hydrogen-bond acceptors (Lipinski definition) is 5. The van der Waals surface area contributed by atoms with E-state index in [1.54, 1.807) is 35.9 Å². The van der Waals surface area contributed by atoms with Gasteiger partial charge >= 0.3 is 0 Å². The van der Waals surface area contributed by atoms with Gasteiger partial charge in [-0.05, 0) is 36.4 Å². The van der Waals surface area contributed by atoms with Crippen LogP contribution in [0.3, 0.4) is 0 Å². The first-order chi connectivity index (χ1) is 12.3. The monoisotopic (exact) mass is 347 g/mol. The molecule has 6 heteroatoms. The lowest BCUT2D eigenvalue weighted by molar-refractivity contribution is 0.0996.